The summed E-state index contributed by atoms with van der Waals surface area (Å²) in [5, 5.41) is 0. The Kier molecular flexibility index (Phi) is 10.7. The summed E-state index contributed by atoms with van der Waals surface area (Å²) in [5.74, 6) is 0. The Bertz CT molecular complexity index is 218. The van der Waals surface area contributed by atoms with Crippen LogP contribution in [0.25, 0.3) is 0 Å². The van der Waals surface area contributed by atoms with Crippen molar-refractivity contribution >= 4 is 44.7 Å². The standard InChI is InChI=1S/C10H22Cl2Ge2O4/c1-15-7-13(11,8-16-2)5-6-14(12,9-17-3)10-18-4/h5-6H,7-10H2,1-4H3. The molecule has 0 saturated heterocycles. The fraction of sp³-hybridized carbons (Fsp3) is 0.800. The number of hydrogen-bond acceptors (Lipinski definition) is 4. The Labute approximate surface area is 123 Å². The molecule has 0 N–H and O–H groups in total. The van der Waals surface area contributed by atoms with Gasteiger partial charge in [-0.1, -0.05) is 0 Å². The minimum atomic E-state index is -2.75. The number of rotatable bonds is 10. The van der Waals surface area contributed by atoms with E-state index in [2.05, 4.69) is 0 Å². The first-order valence-corrected chi connectivity index (χ1v) is 19.4. The van der Waals surface area contributed by atoms with Gasteiger partial charge in [0.05, 0.1) is 0 Å². The van der Waals surface area contributed by atoms with Gasteiger partial charge in [0.15, 0.2) is 0 Å². The van der Waals surface area contributed by atoms with Crippen molar-refractivity contribution < 1.29 is 18.9 Å². The van der Waals surface area contributed by atoms with Crippen LogP contribution in [-0.2, 0) is 18.9 Å². The van der Waals surface area contributed by atoms with Crippen molar-refractivity contribution in [2.75, 3.05) is 50.2 Å². The zero-order valence-electron chi connectivity index (χ0n) is 11.4. The van der Waals surface area contributed by atoms with Gasteiger partial charge in [-0.25, -0.2) is 0 Å². The van der Waals surface area contributed by atoms with Crippen molar-refractivity contribution in [3.63, 3.8) is 0 Å². The molecule has 0 atom stereocenters. The molecule has 0 aromatic heterocycles. The van der Waals surface area contributed by atoms with Crippen LogP contribution >= 0.6 is 20.0 Å². The first-order chi connectivity index (χ1) is 8.45. The SMILES string of the molecule is CO[CH2][Ge]([Cl])([CH]=[CH][Ge]([Cl])([CH2]OC)[CH2]OC)[CH2]OC. The topological polar surface area (TPSA) is 36.9 Å². The van der Waals surface area contributed by atoms with Gasteiger partial charge in [-0.3, -0.25) is 0 Å². The average molecular weight is 422 g/mol. The summed E-state index contributed by atoms with van der Waals surface area (Å²) in [5.41, 5.74) is 2.17. The maximum absolute atomic E-state index is 6.59. The molecule has 4 nitrogen and oxygen atoms in total. The molecular formula is C10H22Cl2Ge2O4. The fourth-order valence-corrected chi connectivity index (χ4v) is 20.2. The number of halogens is 2. The van der Waals surface area contributed by atoms with Gasteiger partial charge < -0.3 is 0 Å². The van der Waals surface area contributed by atoms with Crippen molar-refractivity contribution in [3.8, 4) is 0 Å². The van der Waals surface area contributed by atoms with Crippen LogP contribution in [-0.4, -0.2) is 74.9 Å². The van der Waals surface area contributed by atoms with Crippen LogP contribution in [0.15, 0.2) is 9.82 Å². The van der Waals surface area contributed by atoms with E-state index in [4.69, 9.17) is 39.0 Å². The average Bonchev–Trinajstić information content (AvgIpc) is 2.28. The number of ether oxygens (including phenoxy) is 4. The molecule has 0 heterocycles. The summed E-state index contributed by atoms with van der Waals surface area (Å²) in [6.45, 7) is 0. The van der Waals surface area contributed by atoms with Crippen LogP contribution in [0.4, 0.5) is 0 Å². The molecule has 0 radical (unpaired) electrons. The minimum absolute atomic E-state index is 0.543. The molecule has 0 saturated carbocycles. The van der Waals surface area contributed by atoms with Crippen LogP contribution in [0.2, 0.25) is 0 Å². The molecule has 0 rings (SSSR count). The van der Waals surface area contributed by atoms with E-state index in [-0.39, 0.29) is 0 Å². The second-order valence-corrected chi connectivity index (χ2v) is 24.5. The van der Waals surface area contributed by atoms with Crippen LogP contribution in [0.1, 0.15) is 0 Å². The summed E-state index contributed by atoms with van der Waals surface area (Å²) in [7, 11) is 19.8. The summed E-state index contributed by atoms with van der Waals surface area (Å²) in [4.78, 5) is 4.08. The molecule has 0 unspecified atom stereocenters. The Hall–Kier alpha value is 1.25. The van der Waals surface area contributed by atoms with E-state index in [1.807, 2.05) is 9.82 Å². The summed E-state index contributed by atoms with van der Waals surface area (Å²) >= 11 is -5.50. The third kappa shape index (κ3) is 7.74. The van der Waals surface area contributed by atoms with E-state index in [0.717, 1.165) is 0 Å². The molecule has 18 heavy (non-hydrogen) atoms. The Morgan fingerprint density at radius 3 is 1.06 bits per heavy atom. The predicted octanol–water partition coefficient (Wildman–Crippen LogP) is 1.73. The van der Waals surface area contributed by atoms with Crippen LogP contribution in [0.5, 0.6) is 0 Å². The third-order valence-corrected chi connectivity index (χ3v) is 16.9. The van der Waals surface area contributed by atoms with E-state index in [0.29, 0.717) is 21.8 Å². The predicted molar refractivity (Wildman–Crippen MR) is 79.9 cm³/mol. The molecule has 0 aliphatic carbocycles. The molecule has 0 aromatic carbocycles. The first-order valence-electron chi connectivity index (χ1n) is 5.49. The summed E-state index contributed by atoms with van der Waals surface area (Å²) < 4.78 is 20.7. The zero-order valence-corrected chi connectivity index (χ0v) is 17.1. The van der Waals surface area contributed by atoms with Gasteiger partial charge >= 0.3 is 124 Å². The van der Waals surface area contributed by atoms with E-state index in [9.17, 15) is 0 Å². The van der Waals surface area contributed by atoms with Gasteiger partial charge in [-0.2, -0.15) is 0 Å². The van der Waals surface area contributed by atoms with Crippen molar-refractivity contribution in [2.24, 2.45) is 0 Å². The van der Waals surface area contributed by atoms with Crippen molar-refractivity contribution in [3.05, 3.63) is 9.82 Å². The molecule has 8 heteroatoms. The molecule has 0 bridgehead atoms. The number of hydrogen-bond donors (Lipinski definition) is 0. The van der Waals surface area contributed by atoms with Crippen LogP contribution < -0.4 is 0 Å². The van der Waals surface area contributed by atoms with Crippen molar-refractivity contribution in [1.29, 1.82) is 0 Å². The second kappa shape index (κ2) is 10.0. The van der Waals surface area contributed by atoms with E-state index in [1.54, 1.807) is 28.4 Å². The molecule has 0 aliphatic rings. The van der Waals surface area contributed by atoms with E-state index < -0.39 is 24.7 Å². The van der Waals surface area contributed by atoms with E-state index in [1.165, 1.54) is 0 Å². The molecule has 0 spiro atoms. The Morgan fingerprint density at radius 2 is 0.889 bits per heavy atom. The zero-order chi connectivity index (χ0) is 14.1. The van der Waals surface area contributed by atoms with Gasteiger partial charge in [-0.15, -0.1) is 0 Å². The molecule has 108 valence electrons. The Morgan fingerprint density at radius 1 is 0.667 bits per heavy atom. The fourth-order valence-electron chi connectivity index (χ4n) is 1.53. The molecular weight excluding hydrogens is 400 g/mol. The summed E-state index contributed by atoms with van der Waals surface area (Å²) in [6.07, 6.45) is 0. The summed E-state index contributed by atoms with van der Waals surface area (Å²) in [6, 6.07) is 0. The van der Waals surface area contributed by atoms with Crippen LogP contribution in [0.3, 0.4) is 0 Å². The normalized spacial score (nSPS) is 13.4. The molecule has 0 aromatic rings. The monoisotopic (exact) mass is 424 g/mol. The van der Waals surface area contributed by atoms with Gasteiger partial charge in [-0.05, 0) is 0 Å². The van der Waals surface area contributed by atoms with Crippen molar-refractivity contribution in [2.45, 2.75) is 0 Å². The first kappa shape index (κ1) is 19.2. The Balaban J connectivity index is 4.79. The number of methoxy groups -OCH3 is 4. The van der Waals surface area contributed by atoms with Crippen LogP contribution in [0, 0.1) is 0 Å². The molecule has 0 amide bonds. The van der Waals surface area contributed by atoms with Crippen molar-refractivity contribution in [1.82, 2.24) is 0 Å². The maximum atomic E-state index is 6.59. The van der Waals surface area contributed by atoms with E-state index >= 15 is 0 Å². The quantitative estimate of drug-likeness (QED) is 0.503. The molecule has 0 aliphatic heterocycles. The van der Waals surface area contributed by atoms with Gasteiger partial charge in [0.25, 0.3) is 0 Å². The third-order valence-electron chi connectivity index (χ3n) is 2.22. The van der Waals surface area contributed by atoms with Gasteiger partial charge in [0, 0.05) is 0 Å². The molecule has 0 fully saturated rings. The van der Waals surface area contributed by atoms with Gasteiger partial charge in [0.1, 0.15) is 0 Å². The second-order valence-electron chi connectivity index (χ2n) is 4.13. The van der Waals surface area contributed by atoms with Gasteiger partial charge in [0.2, 0.25) is 0 Å².